The van der Waals surface area contributed by atoms with Gasteiger partial charge in [0.1, 0.15) is 5.82 Å². The van der Waals surface area contributed by atoms with Gasteiger partial charge in [-0.15, -0.1) is 0 Å². The van der Waals surface area contributed by atoms with Gasteiger partial charge >= 0.3 is 0 Å². The first-order valence-electron chi connectivity index (χ1n) is 11.8. The fourth-order valence-corrected chi connectivity index (χ4v) is 4.49. The van der Waals surface area contributed by atoms with E-state index in [0.717, 1.165) is 30.9 Å². The van der Waals surface area contributed by atoms with E-state index in [2.05, 4.69) is 20.9 Å². The van der Waals surface area contributed by atoms with E-state index in [0.29, 0.717) is 6.42 Å². The summed E-state index contributed by atoms with van der Waals surface area (Å²) in [5.41, 5.74) is 2.16. The first kappa shape index (κ1) is 27.9. The number of fused-ring (bicyclic) bond motifs is 1. The highest BCUT2D eigenvalue weighted by molar-refractivity contribution is 6.39. The normalized spacial score (nSPS) is 13.5. The van der Waals surface area contributed by atoms with Crippen molar-refractivity contribution in [2.24, 2.45) is 5.92 Å². The molecule has 1 aromatic heterocycles. The van der Waals surface area contributed by atoms with Crippen LogP contribution in [0, 0.1) is 5.92 Å². The molecule has 2 aromatic rings. The standard InChI is InChI=1S/C25H30Cl2N4O5/c26-18-4-1-5-19(27)23(18)20(32)10-7-16(25(35)36)13-29-22(34)14-30-21(33)11-9-17-8-6-15-3-2-12-28-24(15)31-17/h1,4-6,8,16,25,35-36H,2-3,7,9-14H2,(H,28,31)(H,29,34)(H,30,33)/t16-/m0/s1. The molecule has 0 fully saturated rings. The predicted octanol–water partition coefficient (Wildman–Crippen LogP) is 2.50. The zero-order valence-electron chi connectivity index (χ0n) is 19.7. The Kier molecular flexibility index (Phi) is 10.5. The monoisotopic (exact) mass is 536 g/mol. The second-order valence-corrected chi connectivity index (χ2v) is 9.47. The van der Waals surface area contributed by atoms with Crippen LogP contribution in [-0.2, 0) is 22.4 Å². The fourth-order valence-electron chi connectivity index (χ4n) is 3.89. The molecule has 0 spiro atoms. The molecule has 36 heavy (non-hydrogen) atoms. The number of rotatable bonds is 12. The number of carbonyl (C=O) groups excluding carboxylic acids is 3. The van der Waals surface area contributed by atoms with Crippen molar-refractivity contribution in [1.82, 2.24) is 15.6 Å². The van der Waals surface area contributed by atoms with E-state index in [-0.39, 0.29) is 59.7 Å². The number of ketones is 1. The average Bonchev–Trinajstić information content (AvgIpc) is 2.85. The molecule has 0 aliphatic carbocycles. The molecule has 1 aliphatic rings. The number of anilines is 1. The molecule has 1 atom stereocenters. The Morgan fingerprint density at radius 2 is 1.78 bits per heavy atom. The van der Waals surface area contributed by atoms with Crippen LogP contribution in [0.5, 0.6) is 0 Å². The minimum Gasteiger partial charge on any atom is -0.370 e. The molecule has 5 N–H and O–H groups in total. The van der Waals surface area contributed by atoms with Gasteiger partial charge in [0.25, 0.3) is 0 Å². The summed E-state index contributed by atoms with van der Waals surface area (Å²) in [5.74, 6) is -1.03. The summed E-state index contributed by atoms with van der Waals surface area (Å²) in [6.45, 7) is 0.557. The lowest BCUT2D eigenvalue weighted by Crippen LogP contribution is -2.41. The molecule has 0 unspecified atom stereocenters. The van der Waals surface area contributed by atoms with Crippen molar-refractivity contribution < 1.29 is 24.6 Å². The minimum absolute atomic E-state index is 0.0371. The highest BCUT2D eigenvalue weighted by Crippen LogP contribution is 2.27. The van der Waals surface area contributed by atoms with Gasteiger partial charge in [0.2, 0.25) is 11.8 Å². The van der Waals surface area contributed by atoms with E-state index in [1.165, 1.54) is 5.56 Å². The van der Waals surface area contributed by atoms with Gasteiger partial charge in [0, 0.05) is 37.5 Å². The molecular formula is C25H30Cl2N4O5. The number of aliphatic hydroxyl groups is 2. The van der Waals surface area contributed by atoms with E-state index >= 15 is 0 Å². The van der Waals surface area contributed by atoms with Gasteiger partial charge in [0.05, 0.1) is 22.2 Å². The number of nitrogens with zero attached hydrogens (tertiary/aromatic N) is 1. The molecule has 0 bridgehead atoms. The molecule has 1 aromatic carbocycles. The van der Waals surface area contributed by atoms with E-state index in [1.54, 1.807) is 18.2 Å². The number of pyridine rings is 1. The number of Topliss-reactive ketones (excluding diaryl/α,β-unsaturated/α-hetero) is 1. The molecule has 11 heteroatoms. The molecular weight excluding hydrogens is 507 g/mol. The zero-order valence-corrected chi connectivity index (χ0v) is 21.2. The first-order valence-corrected chi connectivity index (χ1v) is 12.6. The third-order valence-corrected chi connectivity index (χ3v) is 6.60. The van der Waals surface area contributed by atoms with Crippen LogP contribution in [0.1, 0.15) is 47.3 Å². The van der Waals surface area contributed by atoms with Crippen LogP contribution in [0.2, 0.25) is 10.0 Å². The summed E-state index contributed by atoms with van der Waals surface area (Å²) >= 11 is 12.1. The lowest BCUT2D eigenvalue weighted by atomic mass is 9.98. The second-order valence-electron chi connectivity index (χ2n) is 8.65. The molecule has 194 valence electrons. The van der Waals surface area contributed by atoms with Crippen LogP contribution in [0.4, 0.5) is 5.82 Å². The lowest BCUT2D eigenvalue weighted by molar-refractivity contribution is -0.127. The number of carbonyl (C=O) groups is 3. The number of aliphatic hydroxyl groups excluding tert-OH is 1. The maximum Gasteiger partial charge on any atom is 0.239 e. The third kappa shape index (κ3) is 8.16. The summed E-state index contributed by atoms with van der Waals surface area (Å²) < 4.78 is 0. The maximum atomic E-state index is 12.5. The van der Waals surface area contributed by atoms with Gasteiger partial charge in [0.15, 0.2) is 12.1 Å². The molecule has 3 rings (SSSR count). The van der Waals surface area contributed by atoms with E-state index in [4.69, 9.17) is 23.2 Å². The summed E-state index contributed by atoms with van der Waals surface area (Å²) in [5, 5.41) is 28.1. The van der Waals surface area contributed by atoms with Crippen LogP contribution >= 0.6 is 23.2 Å². The Bertz CT molecular complexity index is 1080. The van der Waals surface area contributed by atoms with Crippen LogP contribution < -0.4 is 16.0 Å². The molecule has 1 aliphatic heterocycles. The number of aromatic nitrogens is 1. The quantitative estimate of drug-likeness (QED) is 0.207. The minimum atomic E-state index is -1.74. The third-order valence-electron chi connectivity index (χ3n) is 5.97. The average molecular weight is 537 g/mol. The van der Waals surface area contributed by atoms with Gasteiger partial charge in [-0.3, -0.25) is 14.4 Å². The Morgan fingerprint density at radius 1 is 1.03 bits per heavy atom. The van der Waals surface area contributed by atoms with Gasteiger partial charge in [-0.05, 0) is 49.4 Å². The Balaban J connectivity index is 1.38. The number of amides is 2. The summed E-state index contributed by atoms with van der Waals surface area (Å²) in [6, 6.07) is 8.66. The molecule has 0 saturated carbocycles. The van der Waals surface area contributed by atoms with Gasteiger partial charge in [-0.25, -0.2) is 4.98 Å². The molecule has 0 radical (unpaired) electrons. The number of benzene rings is 1. The van der Waals surface area contributed by atoms with E-state index < -0.39 is 18.1 Å². The van der Waals surface area contributed by atoms with Gasteiger partial charge in [-0.1, -0.05) is 35.3 Å². The molecule has 0 saturated heterocycles. The largest absolute Gasteiger partial charge is 0.370 e. The van der Waals surface area contributed by atoms with Crippen molar-refractivity contribution in [3.05, 3.63) is 57.2 Å². The highest BCUT2D eigenvalue weighted by Gasteiger charge is 2.22. The molecule has 2 heterocycles. The lowest BCUT2D eigenvalue weighted by Gasteiger charge is -2.19. The number of hydrogen-bond acceptors (Lipinski definition) is 7. The smallest absolute Gasteiger partial charge is 0.239 e. The molecule has 2 amide bonds. The maximum absolute atomic E-state index is 12.5. The van der Waals surface area contributed by atoms with E-state index in [1.807, 2.05) is 12.1 Å². The zero-order chi connectivity index (χ0) is 26.1. The number of aryl methyl sites for hydroxylation is 2. The Morgan fingerprint density at radius 3 is 2.50 bits per heavy atom. The van der Waals surface area contributed by atoms with Crippen molar-refractivity contribution in [3.63, 3.8) is 0 Å². The number of hydrogen-bond donors (Lipinski definition) is 5. The number of halogens is 2. The topological polar surface area (TPSA) is 141 Å². The SMILES string of the molecule is O=C(CCc1ccc2c(n1)NCCC2)NCC(=O)NC[C@H](CCC(=O)c1c(Cl)cccc1Cl)C(O)O. The van der Waals surface area contributed by atoms with Crippen molar-refractivity contribution >= 4 is 46.6 Å². The van der Waals surface area contributed by atoms with Crippen molar-refractivity contribution in [3.8, 4) is 0 Å². The van der Waals surface area contributed by atoms with Crippen molar-refractivity contribution in [1.29, 1.82) is 0 Å². The van der Waals surface area contributed by atoms with Crippen molar-refractivity contribution in [2.75, 3.05) is 25.0 Å². The van der Waals surface area contributed by atoms with E-state index in [9.17, 15) is 24.6 Å². The van der Waals surface area contributed by atoms with Gasteiger partial charge < -0.3 is 26.2 Å². The summed E-state index contributed by atoms with van der Waals surface area (Å²) in [7, 11) is 0. The van der Waals surface area contributed by atoms with Gasteiger partial charge in [-0.2, -0.15) is 0 Å². The van der Waals surface area contributed by atoms with Crippen LogP contribution in [-0.4, -0.2) is 58.7 Å². The Hall–Kier alpha value is -2.72. The van der Waals surface area contributed by atoms with Crippen molar-refractivity contribution in [2.45, 2.75) is 44.8 Å². The molecule has 9 nitrogen and oxygen atoms in total. The first-order chi connectivity index (χ1) is 17.2. The number of nitrogens with one attached hydrogen (secondary N) is 3. The van der Waals surface area contributed by atoms with Crippen LogP contribution in [0.25, 0.3) is 0 Å². The predicted molar refractivity (Wildman–Crippen MR) is 137 cm³/mol. The van der Waals surface area contributed by atoms with Crippen LogP contribution in [0.15, 0.2) is 30.3 Å². The fraction of sp³-hybridized carbons (Fsp3) is 0.440. The second kappa shape index (κ2) is 13.5. The Labute approximate surface area is 219 Å². The summed E-state index contributed by atoms with van der Waals surface area (Å²) in [4.78, 5) is 41.3. The summed E-state index contributed by atoms with van der Waals surface area (Å²) in [6.07, 6.45) is 1.01. The van der Waals surface area contributed by atoms with Crippen LogP contribution in [0.3, 0.4) is 0 Å². The highest BCUT2D eigenvalue weighted by atomic mass is 35.5.